The number of carboxylic acids is 1. The molecule has 0 heterocycles. The lowest BCUT2D eigenvalue weighted by molar-refractivity contribution is -0.146. The first-order valence-electron chi connectivity index (χ1n) is 6.75. The van der Waals surface area contributed by atoms with Crippen molar-refractivity contribution in [2.75, 3.05) is 5.32 Å². The summed E-state index contributed by atoms with van der Waals surface area (Å²) >= 11 is 0. The van der Waals surface area contributed by atoms with Crippen LogP contribution in [0.2, 0.25) is 0 Å². The van der Waals surface area contributed by atoms with E-state index in [2.05, 4.69) is 5.32 Å². The molecule has 1 aromatic rings. The van der Waals surface area contributed by atoms with Gasteiger partial charge >= 0.3 is 5.97 Å². The van der Waals surface area contributed by atoms with E-state index in [0.717, 1.165) is 6.07 Å². The number of anilines is 1. The number of carbonyl (C=O) groups is 2. The largest absolute Gasteiger partial charge is 0.481 e. The number of allylic oxidation sites excluding steroid dienone is 2. The number of benzene rings is 1. The van der Waals surface area contributed by atoms with Crippen molar-refractivity contribution in [1.82, 2.24) is 0 Å². The minimum absolute atomic E-state index is 0.229. The van der Waals surface area contributed by atoms with Crippen molar-refractivity contribution in [2.24, 2.45) is 23.7 Å². The molecule has 0 unspecified atom stereocenters. The summed E-state index contributed by atoms with van der Waals surface area (Å²) in [5.41, 5.74) is -0.500. The second-order valence-corrected chi connectivity index (χ2v) is 5.55. The van der Waals surface area contributed by atoms with E-state index in [1.54, 1.807) is 12.2 Å². The predicted octanol–water partition coefficient (Wildman–Crippen LogP) is 2.57. The molecule has 0 radical (unpaired) electrons. The Labute approximate surface area is 123 Å². The highest BCUT2D eigenvalue weighted by Crippen LogP contribution is 2.48. The Bertz CT molecular complexity index is 689. The third-order valence-electron chi connectivity index (χ3n) is 4.34. The van der Waals surface area contributed by atoms with Gasteiger partial charge in [0.1, 0.15) is 0 Å². The monoisotopic (exact) mass is 311 g/mol. The SMILES string of the molecule is O=C(Nc1ccc(F)c(F)c1F)[C@@H]1[C@H](C(=O)O)[C@H]2C=C[C@H]1C2. The van der Waals surface area contributed by atoms with Crippen LogP contribution in [0.4, 0.5) is 18.9 Å². The third-order valence-corrected chi connectivity index (χ3v) is 4.34. The maximum absolute atomic E-state index is 13.6. The number of rotatable bonds is 3. The van der Waals surface area contributed by atoms with Gasteiger partial charge in [0.2, 0.25) is 5.91 Å². The number of amides is 1. The number of hydrogen-bond acceptors (Lipinski definition) is 2. The number of aliphatic carboxylic acids is 1. The molecule has 2 N–H and O–H groups in total. The summed E-state index contributed by atoms with van der Waals surface area (Å²) in [5, 5.41) is 11.4. The van der Waals surface area contributed by atoms with Gasteiger partial charge in [0.05, 0.1) is 17.5 Å². The molecule has 1 aromatic carbocycles. The van der Waals surface area contributed by atoms with Gasteiger partial charge in [-0.2, -0.15) is 0 Å². The second kappa shape index (κ2) is 5.15. The Morgan fingerprint density at radius 2 is 1.68 bits per heavy atom. The minimum atomic E-state index is -1.68. The molecule has 4 nitrogen and oxygen atoms in total. The van der Waals surface area contributed by atoms with Gasteiger partial charge in [0.15, 0.2) is 17.5 Å². The summed E-state index contributed by atoms with van der Waals surface area (Å²) in [4.78, 5) is 23.6. The first-order chi connectivity index (χ1) is 10.4. The Kier molecular flexibility index (Phi) is 3.42. The Morgan fingerprint density at radius 1 is 1.05 bits per heavy atom. The van der Waals surface area contributed by atoms with Crippen molar-refractivity contribution in [3.05, 3.63) is 41.7 Å². The lowest BCUT2D eigenvalue weighted by atomic mass is 9.82. The summed E-state index contributed by atoms with van der Waals surface area (Å²) in [6.07, 6.45) is 4.09. The molecule has 1 amide bonds. The Hall–Kier alpha value is -2.31. The van der Waals surface area contributed by atoms with Gasteiger partial charge in [-0.15, -0.1) is 0 Å². The van der Waals surface area contributed by atoms with Gasteiger partial charge in [0, 0.05) is 0 Å². The third kappa shape index (κ3) is 2.17. The molecule has 0 spiro atoms. The molecule has 2 bridgehead atoms. The van der Waals surface area contributed by atoms with E-state index in [9.17, 15) is 27.9 Å². The molecule has 2 aliphatic rings. The van der Waals surface area contributed by atoms with Crippen LogP contribution in [-0.2, 0) is 9.59 Å². The van der Waals surface area contributed by atoms with Crippen LogP contribution in [0.1, 0.15) is 6.42 Å². The van der Waals surface area contributed by atoms with E-state index in [1.165, 1.54) is 0 Å². The van der Waals surface area contributed by atoms with Crippen LogP contribution >= 0.6 is 0 Å². The van der Waals surface area contributed by atoms with Gasteiger partial charge in [-0.3, -0.25) is 9.59 Å². The highest BCUT2D eigenvalue weighted by Gasteiger charge is 2.51. The van der Waals surface area contributed by atoms with Crippen molar-refractivity contribution in [3.8, 4) is 0 Å². The van der Waals surface area contributed by atoms with Gasteiger partial charge in [-0.1, -0.05) is 12.2 Å². The zero-order valence-corrected chi connectivity index (χ0v) is 11.2. The molecular weight excluding hydrogens is 299 g/mol. The van der Waals surface area contributed by atoms with E-state index in [1.807, 2.05) is 0 Å². The van der Waals surface area contributed by atoms with Crippen molar-refractivity contribution in [2.45, 2.75) is 6.42 Å². The number of halogens is 3. The van der Waals surface area contributed by atoms with E-state index in [0.29, 0.717) is 12.5 Å². The first-order valence-corrected chi connectivity index (χ1v) is 6.75. The topological polar surface area (TPSA) is 66.4 Å². The van der Waals surface area contributed by atoms with Gasteiger partial charge in [-0.25, -0.2) is 13.2 Å². The number of carbonyl (C=O) groups excluding carboxylic acids is 1. The first kappa shape index (κ1) is 14.6. The lowest BCUT2D eigenvalue weighted by Gasteiger charge is -2.24. The quantitative estimate of drug-likeness (QED) is 0.666. The maximum Gasteiger partial charge on any atom is 0.307 e. The van der Waals surface area contributed by atoms with Crippen LogP contribution in [0.25, 0.3) is 0 Å². The van der Waals surface area contributed by atoms with Gasteiger partial charge in [-0.05, 0) is 30.4 Å². The summed E-state index contributed by atoms with van der Waals surface area (Å²) in [6, 6.07) is 1.61. The van der Waals surface area contributed by atoms with E-state index < -0.39 is 46.9 Å². The Balaban J connectivity index is 1.85. The molecule has 116 valence electrons. The highest BCUT2D eigenvalue weighted by molar-refractivity contribution is 5.96. The van der Waals surface area contributed by atoms with Crippen LogP contribution in [-0.4, -0.2) is 17.0 Å². The second-order valence-electron chi connectivity index (χ2n) is 5.55. The number of hydrogen-bond donors (Lipinski definition) is 2. The van der Waals surface area contributed by atoms with Crippen molar-refractivity contribution in [3.63, 3.8) is 0 Å². The summed E-state index contributed by atoms with van der Waals surface area (Å²) < 4.78 is 39.6. The molecule has 0 aliphatic heterocycles. The average Bonchev–Trinajstić information content (AvgIpc) is 3.08. The molecule has 1 saturated carbocycles. The fourth-order valence-corrected chi connectivity index (χ4v) is 3.35. The van der Waals surface area contributed by atoms with Crippen LogP contribution in [0.3, 0.4) is 0 Å². The normalized spacial score (nSPS) is 28.9. The zero-order chi connectivity index (χ0) is 16.0. The fraction of sp³-hybridized carbons (Fsp3) is 0.333. The standard InChI is InChI=1S/C15H12F3NO3/c16-8-3-4-9(13(18)12(8)17)19-14(20)10-6-1-2-7(5-6)11(10)15(21)22/h1-4,6-7,10-11H,5H2,(H,19,20)(H,21,22)/t6-,7-,10-,11+/m0/s1. The smallest absolute Gasteiger partial charge is 0.307 e. The molecule has 2 aliphatic carbocycles. The lowest BCUT2D eigenvalue weighted by Crippen LogP contribution is -2.36. The molecule has 4 atom stereocenters. The molecule has 0 saturated heterocycles. The summed E-state index contributed by atoms with van der Waals surface area (Å²) in [5.74, 6) is -8.53. The fourth-order valence-electron chi connectivity index (χ4n) is 3.35. The molecule has 1 fully saturated rings. The van der Waals surface area contributed by atoms with Gasteiger partial charge < -0.3 is 10.4 Å². The Morgan fingerprint density at radius 3 is 2.32 bits per heavy atom. The van der Waals surface area contributed by atoms with Crippen LogP contribution in [0.5, 0.6) is 0 Å². The molecule has 3 rings (SSSR count). The molecule has 7 heteroatoms. The number of nitrogens with one attached hydrogen (secondary N) is 1. The number of carboxylic acid groups (broad SMARTS) is 1. The van der Waals surface area contributed by atoms with E-state index >= 15 is 0 Å². The van der Waals surface area contributed by atoms with E-state index in [-0.39, 0.29) is 11.8 Å². The molecule has 0 aromatic heterocycles. The maximum atomic E-state index is 13.6. The van der Waals surface area contributed by atoms with Crippen LogP contribution in [0.15, 0.2) is 24.3 Å². The van der Waals surface area contributed by atoms with Crippen LogP contribution in [0, 0.1) is 41.1 Å². The predicted molar refractivity (Wildman–Crippen MR) is 70.3 cm³/mol. The van der Waals surface area contributed by atoms with E-state index in [4.69, 9.17) is 0 Å². The van der Waals surface area contributed by atoms with Crippen molar-refractivity contribution in [1.29, 1.82) is 0 Å². The minimum Gasteiger partial charge on any atom is -0.481 e. The van der Waals surface area contributed by atoms with Crippen LogP contribution < -0.4 is 5.32 Å². The summed E-state index contributed by atoms with van der Waals surface area (Å²) in [6.45, 7) is 0. The zero-order valence-electron chi connectivity index (χ0n) is 11.2. The highest BCUT2D eigenvalue weighted by atomic mass is 19.2. The average molecular weight is 311 g/mol. The number of fused-ring (bicyclic) bond motifs is 2. The molecule has 22 heavy (non-hydrogen) atoms. The summed E-state index contributed by atoms with van der Waals surface area (Å²) in [7, 11) is 0. The van der Waals surface area contributed by atoms with Gasteiger partial charge in [0.25, 0.3) is 0 Å². The van der Waals surface area contributed by atoms with Crippen molar-refractivity contribution >= 4 is 17.6 Å². The van der Waals surface area contributed by atoms with Crippen molar-refractivity contribution < 1.29 is 27.9 Å². The molecular formula is C15H12F3NO3.